The van der Waals surface area contributed by atoms with Crippen LogP contribution in [0.25, 0.3) is 0 Å². The fourth-order valence-corrected chi connectivity index (χ4v) is 3.18. The predicted octanol–water partition coefficient (Wildman–Crippen LogP) is 5.68. The van der Waals surface area contributed by atoms with E-state index in [1.807, 2.05) is 6.34 Å². The van der Waals surface area contributed by atoms with E-state index in [9.17, 15) is 0 Å². The molecule has 2 rings (SSSR count). The molecule has 0 saturated carbocycles. The number of benzene rings is 1. The zero-order chi connectivity index (χ0) is 16.5. The van der Waals surface area contributed by atoms with E-state index >= 15 is 0 Å². The first-order valence-electron chi connectivity index (χ1n) is 8.85. The number of nitrogens with one attached hydrogen (secondary N) is 1. The Labute approximate surface area is 148 Å². The van der Waals surface area contributed by atoms with Gasteiger partial charge in [-0.1, -0.05) is 67.6 Å². The summed E-state index contributed by atoms with van der Waals surface area (Å²) in [6.45, 7) is 4.48. The Morgan fingerprint density at radius 3 is 2.13 bits per heavy atom. The molecule has 1 aromatic carbocycles. The van der Waals surface area contributed by atoms with E-state index in [4.69, 9.17) is 9.98 Å². The summed E-state index contributed by atoms with van der Waals surface area (Å²) >= 11 is 3.49. The van der Waals surface area contributed by atoms with Crippen molar-refractivity contribution in [3.8, 4) is 0 Å². The van der Waals surface area contributed by atoms with E-state index in [-0.39, 0.29) is 5.66 Å². The van der Waals surface area contributed by atoms with Gasteiger partial charge in [0.25, 0.3) is 0 Å². The minimum Gasteiger partial charge on any atom is -0.331 e. The van der Waals surface area contributed by atoms with Gasteiger partial charge in [-0.2, -0.15) is 0 Å². The van der Waals surface area contributed by atoms with Gasteiger partial charge < -0.3 is 5.32 Å². The quantitative estimate of drug-likeness (QED) is 0.551. The van der Waals surface area contributed by atoms with Crippen LogP contribution in [0.2, 0.25) is 0 Å². The molecule has 0 atom stereocenters. The summed E-state index contributed by atoms with van der Waals surface area (Å²) in [4.78, 5) is 9.81. The summed E-state index contributed by atoms with van der Waals surface area (Å²) < 4.78 is 1.09. The van der Waals surface area contributed by atoms with Crippen molar-refractivity contribution in [2.45, 2.75) is 70.9 Å². The van der Waals surface area contributed by atoms with Crippen LogP contribution in [0.15, 0.2) is 38.7 Å². The highest BCUT2D eigenvalue weighted by molar-refractivity contribution is 9.10. The summed E-state index contributed by atoms with van der Waals surface area (Å²) in [6.07, 6.45) is 11.3. The standard InChI is InChI=1S/C19H28BrN3/c1-3-5-7-13-19(14-8-6-4-2)22-15-21-18(23-19)16-9-11-17(20)12-10-16/h9-12,15H,3-8,13-14H2,1-2H3,(H,21,22,23). The maximum atomic E-state index is 5.05. The van der Waals surface area contributed by atoms with Crippen LogP contribution in [-0.2, 0) is 0 Å². The molecule has 4 heteroatoms. The molecule has 0 aromatic heterocycles. The second kappa shape index (κ2) is 9.21. The second-order valence-corrected chi connectivity index (χ2v) is 7.18. The Morgan fingerprint density at radius 2 is 1.57 bits per heavy atom. The van der Waals surface area contributed by atoms with Crippen molar-refractivity contribution < 1.29 is 0 Å². The van der Waals surface area contributed by atoms with E-state index in [2.05, 4.69) is 59.4 Å². The number of aliphatic imine (C=N–C) groups is 2. The Kier molecular flexibility index (Phi) is 7.28. The van der Waals surface area contributed by atoms with E-state index in [0.29, 0.717) is 0 Å². The average molecular weight is 378 g/mol. The van der Waals surface area contributed by atoms with Crippen molar-refractivity contribution in [2.24, 2.45) is 9.98 Å². The number of amidine groups is 1. The lowest BCUT2D eigenvalue weighted by molar-refractivity contribution is 0.353. The Morgan fingerprint density at radius 1 is 0.957 bits per heavy atom. The molecule has 0 amide bonds. The van der Waals surface area contributed by atoms with Crippen molar-refractivity contribution in [1.82, 2.24) is 5.32 Å². The highest BCUT2D eigenvalue weighted by Gasteiger charge is 2.30. The summed E-state index contributed by atoms with van der Waals surface area (Å²) in [6, 6.07) is 8.30. The lowest BCUT2D eigenvalue weighted by Crippen LogP contribution is -2.37. The maximum Gasteiger partial charge on any atom is 0.154 e. The number of rotatable bonds is 9. The smallest absolute Gasteiger partial charge is 0.154 e. The zero-order valence-corrected chi connectivity index (χ0v) is 15.9. The third-order valence-corrected chi connectivity index (χ3v) is 4.83. The van der Waals surface area contributed by atoms with Gasteiger partial charge in [0, 0.05) is 10.0 Å². The molecule has 1 N–H and O–H groups in total. The Hall–Kier alpha value is -1.16. The fraction of sp³-hybridized carbons (Fsp3) is 0.579. The normalized spacial score (nSPS) is 16.0. The third-order valence-electron chi connectivity index (χ3n) is 4.31. The van der Waals surface area contributed by atoms with Gasteiger partial charge in [-0.3, -0.25) is 0 Å². The van der Waals surface area contributed by atoms with Crippen molar-refractivity contribution in [2.75, 3.05) is 0 Å². The highest BCUT2D eigenvalue weighted by atomic mass is 79.9. The Bertz CT molecular complexity index is 524. The van der Waals surface area contributed by atoms with Crippen LogP contribution in [0, 0.1) is 0 Å². The van der Waals surface area contributed by atoms with Crippen molar-refractivity contribution >= 4 is 28.1 Å². The summed E-state index contributed by atoms with van der Waals surface area (Å²) in [5.41, 5.74) is 0.854. The second-order valence-electron chi connectivity index (χ2n) is 6.27. The lowest BCUT2D eigenvalue weighted by Gasteiger charge is -2.30. The van der Waals surface area contributed by atoms with Crippen LogP contribution in [-0.4, -0.2) is 17.8 Å². The van der Waals surface area contributed by atoms with Gasteiger partial charge in [0.2, 0.25) is 0 Å². The first kappa shape index (κ1) is 18.2. The Balaban J connectivity index is 2.18. The molecule has 0 bridgehead atoms. The summed E-state index contributed by atoms with van der Waals surface area (Å²) in [5.74, 6) is 0.945. The molecule has 0 spiro atoms. The number of halogens is 1. The van der Waals surface area contributed by atoms with E-state index < -0.39 is 0 Å². The highest BCUT2D eigenvalue weighted by Crippen LogP contribution is 2.30. The first-order chi connectivity index (χ1) is 11.2. The van der Waals surface area contributed by atoms with Crippen LogP contribution in [0.5, 0.6) is 0 Å². The number of hydrogen-bond donors (Lipinski definition) is 1. The molecule has 0 radical (unpaired) electrons. The van der Waals surface area contributed by atoms with Crippen LogP contribution in [0.4, 0.5) is 0 Å². The minimum absolute atomic E-state index is 0.266. The van der Waals surface area contributed by atoms with E-state index in [1.54, 1.807) is 0 Å². The third kappa shape index (κ3) is 5.45. The molecule has 1 aliphatic heterocycles. The molecule has 1 aliphatic rings. The van der Waals surface area contributed by atoms with Gasteiger partial charge in [0.05, 0.1) is 6.34 Å². The van der Waals surface area contributed by atoms with E-state index in [1.165, 1.54) is 38.5 Å². The topological polar surface area (TPSA) is 36.8 Å². The van der Waals surface area contributed by atoms with Gasteiger partial charge in [0.15, 0.2) is 5.66 Å². The monoisotopic (exact) mass is 377 g/mol. The van der Waals surface area contributed by atoms with E-state index in [0.717, 1.165) is 28.7 Å². The number of unbranched alkanes of at least 4 members (excludes halogenated alkanes) is 4. The van der Waals surface area contributed by atoms with Gasteiger partial charge >= 0.3 is 0 Å². The summed E-state index contributed by atoms with van der Waals surface area (Å²) in [7, 11) is 0. The molecule has 0 saturated heterocycles. The molecule has 23 heavy (non-hydrogen) atoms. The maximum absolute atomic E-state index is 5.05. The van der Waals surface area contributed by atoms with Gasteiger partial charge in [-0.25, -0.2) is 9.98 Å². The zero-order valence-electron chi connectivity index (χ0n) is 14.3. The number of hydrogen-bond acceptors (Lipinski definition) is 3. The molecular weight excluding hydrogens is 350 g/mol. The largest absolute Gasteiger partial charge is 0.331 e. The van der Waals surface area contributed by atoms with Crippen LogP contribution in [0.1, 0.15) is 70.8 Å². The molecular formula is C19H28BrN3. The molecule has 1 heterocycles. The molecule has 1 aromatic rings. The summed E-state index contributed by atoms with van der Waals surface area (Å²) in [5, 5.41) is 3.23. The van der Waals surface area contributed by atoms with Crippen molar-refractivity contribution in [3.63, 3.8) is 0 Å². The fourth-order valence-electron chi connectivity index (χ4n) is 2.92. The first-order valence-corrected chi connectivity index (χ1v) is 9.64. The number of nitrogens with zero attached hydrogens (tertiary/aromatic N) is 2. The van der Waals surface area contributed by atoms with Gasteiger partial charge in [-0.15, -0.1) is 0 Å². The molecule has 3 nitrogen and oxygen atoms in total. The van der Waals surface area contributed by atoms with Crippen LogP contribution >= 0.6 is 15.9 Å². The van der Waals surface area contributed by atoms with Crippen molar-refractivity contribution in [3.05, 3.63) is 34.3 Å². The molecule has 0 unspecified atom stereocenters. The van der Waals surface area contributed by atoms with Crippen LogP contribution < -0.4 is 5.32 Å². The molecule has 0 fully saturated rings. The molecule has 0 aliphatic carbocycles. The lowest BCUT2D eigenvalue weighted by atomic mass is 9.95. The molecule has 126 valence electrons. The average Bonchev–Trinajstić information content (AvgIpc) is 2.56. The van der Waals surface area contributed by atoms with Gasteiger partial charge in [-0.05, 0) is 37.8 Å². The predicted molar refractivity (Wildman–Crippen MR) is 103 cm³/mol. The van der Waals surface area contributed by atoms with Crippen LogP contribution in [0.3, 0.4) is 0 Å². The van der Waals surface area contributed by atoms with Gasteiger partial charge in [0.1, 0.15) is 5.84 Å². The minimum atomic E-state index is -0.266. The van der Waals surface area contributed by atoms with Crippen molar-refractivity contribution in [1.29, 1.82) is 0 Å². The SMILES string of the molecule is CCCCCC1(CCCCC)N=CNC(c2ccc(Br)cc2)=N1.